The zero-order valence-corrected chi connectivity index (χ0v) is 16.8. The van der Waals surface area contributed by atoms with E-state index in [0.29, 0.717) is 13.0 Å². The van der Waals surface area contributed by atoms with Crippen LogP contribution in [0.5, 0.6) is 5.75 Å². The molecule has 6 nitrogen and oxygen atoms in total. The summed E-state index contributed by atoms with van der Waals surface area (Å²) in [6, 6.07) is 8.33. The van der Waals surface area contributed by atoms with Crippen LogP contribution in [0.3, 0.4) is 0 Å². The number of methoxy groups -OCH3 is 1. The Morgan fingerprint density at radius 2 is 2.04 bits per heavy atom. The third-order valence-corrected chi connectivity index (χ3v) is 5.55. The summed E-state index contributed by atoms with van der Waals surface area (Å²) in [5.74, 6) is 0.894. The van der Waals surface area contributed by atoms with Crippen molar-refractivity contribution in [3.8, 4) is 5.75 Å². The van der Waals surface area contributed by atoms with Crippen molar-refractivity contribution in [1.29, 1.82) is 0 Å². The zero-order chi connectivity index (χ0) is 19.4. The van der Waals surface area contributed by atoms with Crippen LogP contribution in [0.25, 0.3) is 0 Å². The number of aromatic nitrogens is 2. The van der Waals surface area contributed by atoms with Gasteiger partial charge >= 0.3 is 0 Å². The average Bonchev–Trinajstić information content (AvgIpc) is 3.27. The maximum atomic E-state index is 12.6. The van der Waals surface area contributed by atoms with E-state index in [4.69, 9.17) is 4.74 Å². The highest BCUT2D eigenvalue weighted by molar-refractivity contribution is 5.79. The lowest BCUT2D eigenvalue weighted by Gasteiger charge is -2.28. The minimum atomic E-state index is 0.0429. The van der Waals surface area contributed by atoms with Crippen molar-refractivity contribution in [3.63, 3.8) is 0 Å². The van der Waals surface area contributed by atoms with Gasteiger partial charge in [-0.3, -0.25) is 14.4 Å². The van der Waals surface area contributed by atoms with E-state index in [9.17, 15) is 4.79 Å². The van der Waals surface area contributed by atoms with E-state index in [1.54, 1.807) is 7.11 Å². The van der Waals surface area contributed by atoms with Crippen molar-refractivity contribution in [3.05, 3.63) is 46.8 Å². The van der Waals surface area contributed by atoms with E-state index in [-0.39, 0.29) is 11.9 Å². The van der Waals surface area contributed by atoms with Crippen LogP contribution >= 0.6 is 0 Å². The third kappa shape index (κ3) is 4.50. The number of ether oxygens (including phenoxy) is 1. The average molecular weight is 370 g/mol. The van der Waals surface area contributed by atoms with E-state index in [2.05, 4.69) is 27.4 Å². The highest BCUT2D eigenvalue weighted by Gasteiger charge is 2.24. The fourth-order valence-electron chi connectivity index (χ4n) is 3.87. The number of benzene rings is 1. The quantitative estimate of drug-likeness (QED) is 0.814. The minimum absolute atomic E-state index is 0.0429. The lowest BCUT2D eigenvalue weighted by molar-refractivity contribution is -0.120. The second-order valence-corrected chi connectivity index (χ2v) is 7.29. The monoisotopic (exact) mass is 370 g/mol. The number of amides is 1. The van der Waals surface area contributed by atoms with Gasteiger partial charge in [-0.2, -0.15) is 5.10 Å². The number of carbonyl (C=O) groups is 1. The van der Waals surface area contributed by atoms with Crippen LogP contribution in [-0.2, 0) is 18.3 Å². The van der Waals surface area contributed by atoms with Gasteiger partial charge < -0.3 is 10.1 Å². The van der Waals surface area contributed by atoms with Gasteiger partial charge in [-0.15, -0.1) is 0 Å². The van der Waals surface area contributed by atoms with Gasteiger partial charge in [0, 0.05) is 24.8 Å². The van der Waals surface area contributed by atoms with Gasteiger partial charge in [0.05, 0.1) is 25.3 Å². The smallest absolute Gasteiger partial charge is 0.224 e. The van der Waals surface area contributed by atoms with E-state index in [1.807, 2.05) is 37.7 Å². The Labute approximate surface area is 161 Å². The first kappa shape index (κ1) is 19.4. The first-order chi connectivity index (χ1) is 13.0. The number of hydrogen-bond acceptors (Lipinski definition) is 4. The van der Waals surface area contributed by atoms with Crippen LogP contribution in [0, 0.1) is 13.8 Å². The van der Waals surface area contributed by atoms with Gasteiger partial charge in [-0.25, -0.2) is 0 Å². The Balaban J connectivity index is 1.69. The second kappa shape index (κ2) is 8.57. The van der Waals surface area contributed by atoms with Gasteiger partial charge in [0.25, 0.3) is 0 Å². The largest absolute Gasteiger partial charge is 0.497 e. The maximum Gasteiger partial charge on any atom is 0.224 e. The summed E-state index contributed by atoms with van der Waals surface area (Å²) >= 11 is 0. The SMILES string of the molecule is COc1cccc(C(CNC(=O)Cc2c(C)nn(C)c2C)N2CCCC2)c1. The van der Waals surface area contributed by atoms with Crippen LogP contribution in [0.2, 0.25) is 0 Å². The summed E-state index contributed by atoms with van der Waals surface area (Å²) in [6.07, 6.45) is 2.79. The molecule has 6 heteroatoms. The molecule has 0 saturated carbocycles. The molecule has 1 amide bonds. The molecule has 1 aliphatic rings. The first-order valence-electron chi connectivity index (χ1n) is 9.63. The zero-order valence-electron chi connectivity index (χ0n) is 16.8. The van der Waals surface area contributed by atoms with Gasteiger partial charge in [0.2, 0.25) is 5.91 Å². The van der Waals surface area contributed by atoms with E-state index < -0.39 is 0 Å². The standard InChI is InChI=1S/C21H30N4O2/c1-15-19(16(2)24(3)23-15)13-21(26)22-14-20(25-10-5-6-11-25)17-8-7-9-18(12-17)27-4/h7-9,12,20H,5-6,10-11,13-14H2,1-4H3,(H,22,26). The molecule has 0 radical (unpaired) electrons. The summed E-state index contributed by atoms with van der Waals surface area (Å²) < 4.78 is 7.22. The molecule has 2 aromatic rings. The number of nitrogens with one attached hydrogen (secondary N) is 1. The maximum absolute atomic E-state index is 12.6. The molecule has 1 aromatic heterocycles. The fraction of sp³-hybridized carbons (Fsp3) is 0.524. The second-order valence-electron chi connectivity index (χ2n) is 7.29. The Kier molecular flexibility index (Phi) is 6.16. The van der Waals surface area contributed by atoms with E-state index >= 15 is 0 Å². The van der Waals surface area contributed by atoms with Crippen molar-refractivity contribution in [2.75, 3.05) is 26.7 Å². The number of hydrogen-bond donors (Lipinski definition) is 1. The van der Waals surface area contributed by atoms with Crippen molar-refractivity contribution in [2.45, 2.75) is 39.2 Å². The van der Waals surface area contributed by atoms with Gasteiger partial charge in [0.15, 0.2) is 0 Å². The van der Waals surface area contributed by atoms with E-state index in [1.165, 1.54) is 18.4 Å². The van der Waals surface area contributed by atoms with Crippen LogP contribution in [0.1, 0.15) is 41.4 Å². The van der Waals surface area contributed by atoms with Crippen LogP contribution < -0.4 is 10.1 Å². The number of nitrogens with zero attached hydrogens (tertiary/aromatic N) is 3. The predicted octanol–water partition coefficient (Wildman–Crippen LogP) is 2.54. The highest BCUT2D eigenvalue weighted by atomic mass is 16.5. The van der Waals surface area contributed by atoms with Gasteiger partial charge in [0.1, 0.15) is 5.75 Å². The van der Waals surface area contributed by atoms with Gasteiger partial charge in [-0.1, -0.05) is 12.1 Å². The predicted molar refractivity (Wildman–Crippen MR) is 106 cm³/mol. The molecule has 0 bridgehead atoms. The molecule has 1 atom stereocenters. The Morgan fingerprint density at radius 1 is 1.30 bits per heavy atom. The summed E-state index contributed by atoms with van der Waals surface area (Å²) in [6.45, 7) is 6.70. The van der Waals surface area contributed by atoms with Crippen LogP contribution in [-0.4, -0.2) is 47.3 Å². The van der Waals surface area contributed by atoms with Crippen LogP contribution in [0.4, 0.5) is 0 Å². The van der Waals surface area contributed by atoms with Crippen molar-refractivity contribution in [2.24, 2.45) is 7.05 Å². The molecule has 27 heavy (non-hydrogen) atoms. The summed E-state index contributed by atoms with van der Waals surface area (Å²) in [4.78, 5) is 15.1. The van der Waals surface area contributed by atoms with Gasteiger partial charge in [-0.05, 0) is 57.5 Å². The third-order valence-electron chi connectivity index (χ3n) is 5.55. The number of carbonyl (C=O) groups excluding carboxylic acids is 1. The molecule has 1 fully saturated rings. The number of likely N-dealkylation sites (tertiary alicyclic amines) is 1. The topological polar surface area (TPSA) is 59.4 Å². The molecule has 146 valence electrons. The highest BCUT2D eigenvalue weighted by Crippen LogP contribution is 2.27. The molecule has 2 heterocycles. The molecule has 1 aliphatic heterocycles. The van der Waals surface area contributed by atoms with Crippen molar-refractivity contribution < 1.29 is 9.53 Å². The number of aryl methyl sites for hydroxylation is 2. The summed E-state index contributed by atoms with van der Waals surface area (Å²) in [7, 11) is 3.60. The molecular formula is C21H30N4O2. The lowest BCUT2D eigenvalue weighted by Crippen LogP contribution is -2.37. The molecule has 0 spiro atoms. The Hall–Kier alpha value is -2.34. The van der Waals surface area contributed by atoms with Crippen molar-refractivity contribution >= 4 is 5.91 Å². The molecule has 1 unspecified atom stereocenters. The number of rotatable bonds is 7. The molecule has 1 N–H and O–H groups in total. The lowest BCUT2D eigenvalue weighted by atomic mass is 10.0. The van der Waals surface area contributed by atoms with E-state index in [0.717, 1.165) is 35.8 Å². The van der Waals surface area contributed by atoms with Crippen LogP contribution in [0.15, 0.2) is 24.3 Å². The normalized spacial score (nSPS) is 15.7. The summed E-state index contributed by atoms with van der Waals surface area (Å²) in [5.41, 5.74) is 4.18. The molecule has 1 saturated heterocycles. The molecular weight excluding hydrogens is 340 g/mol. The first-order valence-corrected chi connectivity index (χ1v) is 9.63. The molecule has 0 aliphatic carbocycles. The minimum Gasteiger partial charge on any atom is -0.497 e. The molecule has 1 aromatic carbocycles. The van der Waals surface area contributed by atoms with Crippen molar-refractivity contribution in [1.82, 2.24) is 20.0 Å². The Bertz CT molecular complexity index is 793. The molecule has 3 rings (SSSR count). The summed E-state index contributed by atoms with van der Waals surface area (Å²) in [5, 5.41) is 7.55. The fourth-order valence-corrected chi connectivity index (χ4v) is 3.87. The Morgan fingerprint density at radius 3 is 2.67 bits per heavy atom.